The van der Waals surface area contributed by atoms with Crippen molar-refractivity contribution in [1.29, 1.82) is 0 Å². The van der Waals surface area contributed by atoms with Crippen LogP contribution in [-0.4, -0.2) is 18.5 Å². The van der Waals surface area contributed by atoms with Gasteiger partial charge in [-0.1, -0.05) is 13.0 Å². The molecule has 94 valence electrons. The predicted octanol–water partition coefficient (Wildman–Crippen LogP) is 2.54. The van der Waals surface area contributed by atoms with Gasteiger partial charge in [0.2, 0.25) is 5.91 Å². The monoisotopic (exact) mass is 238 g/mol. The maximum absolute atomic E-state index is 12.9. The van der Waals surface area contributed by atoms with Gasteiger partial charge in [-0.2, -0.15) is 0 Å². The first-order chi connectivity index (χ1) is 8.11. The molecule has 3 nitrogen and oxygen atoms in total. The van der Waals surface area contributed by atoms with Crippen LogP contribution in [0, 0.1) is 5.82 Å². The highest BCUT2D eigenvalue weighted by molar-refractivity contribution is 5.90. The maximum Gasteiger partial charge on any atom is 0.225 e. The highest BCUT2D eigenvalue weighted by atomic mass is 19.1. The summed E-state index contributed by atoms with van der Waals surface area (Å²) in [6.07, 6.45) is 1.42. The molecule has 0 aromatic heterocycles. The van der Waals surface area contributed by atoms with Crippen LogP contribution in [0.25, 0.3) is 0 Å². The first kappa shape index (κ1) is 13.6. The molecule has 0 aliphatic carbocycles. The fraction of sp³-hybridized carbons (Fsp3) is 0.462. The van der Waals surface area contributed by atoms with Crippen molar-refractivity contribution in [2.45, 2.75) is 32.7 Å². The van der Waals surface area contributed by atoms with Crippen LogP contribution in [0.4, 0.5) is 10.1 Å². The summed E-state index contributed by atoms with van der Waals surface area (Å²) in [5.41, 5.74) is 0.499. The Balaban J connectivity index is 2.30. The van der Waals surface area contributed by atoms with Gasteiger partial charge >= 0.3 is 0 Å². The second kappa shape index (κ2) is 7.01. The number of hydrogen-bond acceptors (Lipinski definition) is 2. The van der Waals surface area contributed by atoms with Gasteiger partial charge in [0, 0.05) is 24.7 Å². The van der Waals surface area contributed by atoms with Gasteiger partial charge < -0.3 is 10.6 Å². The van der Waals surface area contributed by atoms with E-state index in [2.05, 4.69) is 24.5 Å². The summed E-state index contributed by atoms with van der Waals surface area (Å²) >= 11 is 0. The fourth-order valence-electron chi connectivity index (χ4n) is 1.37. The van der Waals surface area contributed by atoms with Crippen molar-refractivity contribution < 1.29 is 9.18 Å². The Labute approximate surface area is 101 Å². The van der Waals surface area contributed by atoms with Crippen molar-refractivity contribution in [3.63, 3.8) is 0 Å². The van der Waals surface area contributed by atoms with E-state index in [-0.39, 0.29) is 11.7 Å². The van der Waals surface area contributed by atoms with Crippen LogP contribution in [0.2, 0.25) is 0 Å². The molecular weight excluding hydrogens is 219 g/mol. The van der Waals surface area contributed by atoms with E-state index in [1.807, 2.05) is 0 Å². The molecule has 0 fully saturated rings. The summed E-state index contributed by atoms with van der Waals surface area (Å²) in [4.78, 5) is 11.5. The molecule has 0 saturated carbocycles. The number of amides is 1. The van der Waals surface area contributed by atoms with Gasteiger partial charge in [0.05, 0.1) is 0 Å². The van der Waals surface area contributed by atoms with Crippen LogP contribution in [-0.2, 0) is 4.79 Å². The topological polar surface area (TPSA) is 41.1 Å². The normalized spacial score (nSPS) is 12.2. The number of carbonyl (C=O) groups excluding carboxylic acids is 1. The molecule has 1 unspecified atom stereocenters. The van der Waals surface area contributed by atoms with E-state index in [0.717, 1.165) is 6.42 Å². The zero-order chi connectivity index (χ0) is 12.7. The molecule has 0 radical (unpaired) electrons. The second-order valence-electron chi connectivity index (χ2n) is 4.07. The number of hydrogen-bond donors (Lipinski definition) is 2. The largest absolute Gasteiger partial charge is 0.326 e. The molecule has 1 aromatic rings. The second-order valence-corrected chi connectivity index (χ2v) is 4.07. The minimum absolute atomic E-state index is 0.105. The quantitative estimate of drug-likeness (QED) is 0.799. The third-order valence-corrected chi connectivity index (χ3v) is 2.57. The van der Waals surface area contributed by atoms with Crippen LogP contribution >= 0.6 is 0 Å². The van der Waals surface area contributed by atoms with Gasteiger partial charge in [-0.3, -0.25) is 4.79 Å². The Morgan fingerprint density at radius 2 is 2.24 bits per heavy atom. The summed E-state index contributed by atoms with van der Waals surface area (Å²) in [7, 11) is 0. The van der Waals surface area contributed by atoms with Gasteiger partial charge in [0.25, 0.3) is 0 Å². The van der Waals surface area contributed by atoms with E-state index < -0.39 is 0 Å². The van der Waals surface area contributed by atoms with E-state index in [4.69, 9.17) is 0 Å². The Morgan fingerprint density at radius 1 is 1.47 bits per heavy atom. The van der Waals surface area contributed by atoms with Crippen LogP contribution in [0.1, 0.15) is 26.7 Å². The highest BCUT2D eigenvalue weighted by Gasteiger charge is 2.04. The Kier molecular flexibility index (Phi) is 5.63. The zero-order valence-corrected chi connectivity index (χ0v) is 10.3. The van der Waals surface area contributed by atoms with Crippen LogP contribution in [0.3, 0.4) is 0 Å². The van der Waals surface area contributed by atoms with Crippen molar-refractivity contribution in [3.05, 3.63) is 30.1 Å². The first-order valence-electron chi connectivity index (χ1n) is 5.90. The summed E-state index contributed by atoms with van der Waals surface area (Å²) in [6.45, 7) is 4.80. The zero-order valence-electron chi connectivity index (χ0n) is 10.3. The number of halogens is 1. The van der Waals surface area contributed by atoms with Crippen molar-refractivity contribution in [2.24, 2.45) is 0 Å². The molecule has 17 heavy (non-hydrogen) atoms. The van der Waals surface area contributed by atoms with Gasteiger partial charge in [0.15, 0.2) is 0 Å². The molecule has 2 N–H and O–H groups in total. The number of benzene rings is 1. The number of nitrogens with one attached hydrogen (secondary N) is 2. The molecule has 0 heterocycles. The fourth-order valence-corrected chi connectivity index (χ4v) is 1.37. The SMILES string of the molecule is CCC(C)NCCC(=O)Nc1cccc(F)c1. The number of rotatable bonds is 6. The summed E-state index contributed by atoms with van der Waals surface area (Å²) in [6, 6.07) is 6.31. The summed E-state index contributed by atoms with van der Waals surface area (Å²) < 4.78 is 12.9. The minimum Gasteiger partial charge on any atom is -0.326 e. The molecule has 0 aliphatic rings. The van der Waals surface area contributed by atoms with E-state index in [1.165, 1.54) is 12.1 Å². The van der Waals surface area contributed by atoms with Crippen molar-refractivity contribution in [3.8, 4) is 0 Å². The average Bonchev–Trinajstić information content (AvgIpc) is 2.28. The highest BCUT2D eigenvalue weighted by Crippen LogP contribution is 2.09. The molecule has 0 aliphatic heterocycles. The van der Waals surface area contributed by atoms with Crippen LogP contribution in [0.5, 0.6) is 0 Å². The maximum atomic E-state index is 12.9. The average molecular weight is 238 g/mol. The van der Waals surface area contributed by atoms with E-state index >= 15 is 0 Å². The molecule has 1 atom stereocenters. The predicted molar refractivity (Wildman–Crippen MR) is 67.4 cm³/mol. The summed E-state index contributed by atoms with van der Waals surface area (Å²) in [5.74, 6) is -0.452. The summed E-state index contributed by atoms with van der Waals surface area (Å²) in [5, 5.41) is 5.88. The van der Waals surface area contributed by atoms with Gasteiger partial charge in [-0.05, 0) is 31.5 Å². The molecule has 0 spiro atoms. The number of carbonyl (C=O) groups is 1. The van der Waals surface area contributed by atoms with Crippen molar-refractivity contribution in [1.82, 2.24) is 5.32 Å². The van der Waals surface area contributed by atoms with Gasteiger partial charge in [-0.25, -0.2) is 4.39 Å². The minimum atomic E-state index is -0.347. The third-order valence-electron chi connectivity index (χ3n) is 2.57. The smallest absolute Gasteiger partial charge is 0.225 e. The molecule has 0 saturated heterocycles. The van der Waals surface area contributed by atoms with Gasteiger partial charge in [-0.15, -0.1) is 0 Å². The van der Waals surface area contributed by atoms with E-state index in [1.54, 1.807) is 12.1 Å². The standard InChI is InChI=1S/C13H19FN2O/c1-3-10(2)15-8-7-13(17)16-12-6-4-5-11(14)9-12/h4-6,9-10,15H,3,7-8H2,1-2H3,(H,16,17). The van der Waals surface area contributed by atoms with Crippen LogP contribution in [0.15, 0.2) is 24.3 Å². The number of anilines is 1. The molecule has 4 heteroatoms. The third kappa shape index (κ3) is 5.45. The molecule has 1 rings (SSSR count). The van der Waals surface area contributed by atoms with E-state index in [9.17, 15) is 9.18 Å². The van der Waals surface area contributed by atoms with Crippen molar-refractivity contribution >= 4 is 11.6 Å². The molecule has 1 amide bonds. The Bertz CT molecular complexity index is 368. The molecule has 1 aromatic carbocycles. The molecular formula is C13H19FN2O. The van der Waals surface area contributed by atoms with Crippen molar-refractivity contribution in [2.75, 3.05) is 11.9 Å². The lowest BCUT2D eigenvalue weighted by Crippen LogP contribution is -2.28. The Hall–Kier alpha value is -1.42. The lowest BCUT2D eigenvalue weighted by molar-refractivity contribution is -0.116. The van der Waals surface area contributed by atoms with E-state index in [0.29, 0.717) is 24.7 Å². The Morgan fingerprint density at radius 3 is 2.88 bits per heavy atom. The first-order valence-corrected chi connectivity index (χ1v) is 5.90. The lowest BCUT2D eigenvalue weighted by atomic mass is 10.2. The van der Waals surface area contributed by atoms with Gasteiger partial charge in [0.1, 0.15) is 5.82 Å². The lowest BCUT2D eigenvalue weighted by Gasteiger charge is -2.11. The van der Waals surface area contributed by atoms with Crippen LogP contribution < -0.4 is 10.6 Å². The molecule has 0 bridgehead atoms.